The molecule has 0 heterocycles. The zero-order chi connectivity index (χ0) is 12.5. The second kappa shape index (κ2) is 8.60. The Kier molecular flexibility index (Phi) is 7.38. The second-order valence-electron chi connectivity index (χ2n) is 4.59. The van der Waals surface area contributed by atoms with Crippen LogP contribution in [0.1, 0.15) is 43.4 Å². The van der Waals surface area contributed by atoms with Gasteiger partial charge in [0.15, 0.2) is 0 Å². The number of hydrogen-bond acceptors (Lipinski definition) is 2. The van der Waals surface area contributed by atoms with Gasteiger partial charge in [0.1, 0.15) is 0 Å². The van der Waals surface area contributed by atoms with Crippen molar-refractivity contribution >= 4 is 11.8 Å². The molecular formula is C15H25NS. The zero-order valence-electron chi connectivity index (χ0n) is 11.3. The maximum absolute atomic E-state index is 3.61. The molecule has 1 nitrogen and oxygen atoms in total. The summed E-state index contributed by atoms with van der Waals surface area (Å²) in [6.45, 7) is 5.57. The van der Waals surface area contributed by atoms with E-state index in [1.807, 2.05) is 11.8 Å². The Morgan fingerprint density at radius 3 is 2.65 bits per heavy atom. The van der Waals surface area contributed by atoms with Crippen LogP contribution in [0.2, 0.25) is 0 Å². The van der Waals surface area contributed by atoms with Gasteiger partial charge in [-0.2, -0.15) is 11.8 Å². The molecule has 0 aliphatic rings. The average Bonchev–Trinajstić information content (AvgIpc) is 2.34. The van der Waals surface area contributed by atoms with Crippen LogP contribution in [0.25, 0.3) is 0 Å². The maximum Gasteiger partial charge on any atom is 0.0294 e. The van der Waals surface area contributed by atoms with Gasteiger partial charge in [0.25, 0.3) is 0 Å². The van der Waals surface area contributed by atoms with Gasteiger partial charge < -0.3 is 5.32 Å². The normalized spacial score (nSPS) is 12.6. The first-order valence-electron chi connectivity index (χ1n) is 6.53. The summed E-state index contributed by atoms with van der Waals surface area (Å²) in [6, 6.07) is 9.11. The third kappa shape index (κ3) is 5.60. The van der Waals surface area contributed by atoms with Crippen molar-refractivity contribution in [1.82, 2.24) is 5.32 Å². The zero-order valence-corrected chi connectivity index (χ0v) is 12.1. The molecule has 96 valence electrons. The predicted octanol–water partition coefficient (Wildman–Crippen LogP) is 4.18. The maximum atomic E-state index is 3.61. The monoisotopic (exact) mass is 251 g/mol. The molecule has 0 aromatic heterocycles. The highest BCUT2D eigenvalue weighted by atomic mass is 32.2. The van der Waals surface area contributed by atoms with E-state index in [-0.39, 0.29) is 0 Å². The molecule has 1 aromatic rings. The van der Waals surface area contributed by atoms with Crippen molar-refractivity contribution < 1.29 is 0 Å². The molecule has 1 atom stereocenters. The highest BCUT2D eigenvalue weighted by molar-refractivity contribution is 7.98. The fourth-order valence-electron chi connectivity index (χ4n) is 2.05. The highest BCUT2D eigenvalue weighted by Gasteiger charge is 2.05. The predicted molar refractivity (Wildman–Crippen MR) is 79.8 cm³/mol. The number of benzene rings is 1. The fraction of sp³-hybridized carbons (Fsp3) is 0.600. The summed E-state index contributed by atoms with van der Waals surface area (Å²) in [5.74, 6) is 1.30. The van der Waals surface area contributed by atoms with Crippen molar-refractivity contribution in [2.45, 2.75) is 39.2 Å². The lowest BCUT2D eigenvalue weighted by Crippen LogP contribution is -2.20. The largest absolute Gasteiger partial charge is 0.310 e. The lowest BCUT2D eigenvalue weighted by Gasteiger charge is -2.16. The summed E-state index contributed by atoms with van der Waals surface area (Å²) in [7, 11) is 0. The first-order chi connectivity index (χ1) is 8.25. The molecule has 0 aliphatic carbocycles. The molecule has 0 fully saturated rings. The van der Waals surface area contributed by atoms with Crippen LogP contribution in [0.4, 0.5) is 0 Å². The molecule has 0 spiro atoms. The van der Waals surface area contributed by atoms with E-state index in [1.165, 1.54) is 36.1 Å². The SMILES string of the molecule is CSCCCCCNC(C)c1ccccc1C. The molecule has 1 rings (SSSR count). The lowest BCUT2D eigenvalue weighted by molar-refractivity contribution is 0.543. The van der Waals surface area contributed by atoms with Gasteiger partial charge in [-0.25, -0.2) is 0 Å². The highest BCUT2D eigenvalue weighted by Crippen LogP contribution is 2.16. The van der Waals surface area contributed by atoms with E-state index in [2.05, 4.69) is 49.7 Å². The topological polar surface area (TPSA) is 12.0 Å². The van der Waals surface area contributed by atoms with E-state index in [4.69, 9.17) is 0 Å². The van der Waals surface area contributed by atoms with Crippen LogP contribution in [-0.4, -0.2) is 18.6 Å². The smallest absolute Gasteiger partial charge is 0.0294 e. The number of aryl methyl sites for hydroxylation is 1. The molecule has 1 unspecified atom stereocenters. The van der Waals surface area contributed by atoms with E-state index in [0.29, 0.717) is 6.04 Å². The van der Waals surface area contributed by atoms with Gasteiger partial charge in [0.05, 0.1) is 0 Å². The van der Waals surface area contributed by atoms with Crippen LogP contribution < -0.4 is 5.32 Å². The Morgan fingerprint density at radius 1 is 1.18 bits per heavy atom. The average molecular weight is 251 g/mol. The minimum atomic E-state index is 0.469. The van der Waals surface area contributed by atoms with E-state index in [0.717, 1.165) is 6.54 Å². The third-order valence-electron chi connectivity index (χ3n) is 3.13. The fourth-order valence-corrected chi connectivity index (χ4v) is 2.54. The van der Waals surface area contributed by atoms with Crippen LogP contribution in [0, 0.1) is 6.92 Å². The van der Waals surface area contributed by atoms with Gasteiger partial charge in [-0.1, -0.05) is 30.7 Å². The summed E-state index contributed by atoms with van der Waals surface area (Å²) in [5.41, 5.74) is 2.81. The van der Waals surface area contributed by atoms with Gasteiger partial charge in [-0.15, -0.1) is 0 Å². The molecular weight excluding hydrogens is 226 g/mol. The third-order valence-corrected chi connectivity index (χ3v) is 3.83. The Morgan fingerprint density at radius 2 is 1.94 bits per heavy atom. The summed E-state index contributed by atoms with van der Waals surface area (Å²) in [4.78, 5) is 0. The first kappa shape index (κ1) is 14.6. The van der Waals surface area contributed by atoms with Gasteiger partial charge in [0, 0.05) is 6.04 Å². The van der Waals surface area contributed by atoms with Gasteiger partial charge in [-0.05, 0) is 56.4 Å². The molecule has 0 saturated carbocycles. The van der Waals surface area contributed by atoms with Crippen LogP contribution in [0.3, 0.4) is 0 Å². The number of hydrogen-bond donors (Lipinski definition) is 1. The van der Waals surface area contributed by atoms with Crippen LogP contribution in [-0.2, 0) is 0 Å². The van der Waals surface area contributed by atoms with E-state index in [1.54, 1.807) is 0 Å². The Labute approximate surface area is 110 Å². The van der Waals surface area contributed by atoms with Crippen molar-refractivity contribution in [2.75, 3.05) is 18.6 Å². The van der Waals surface area contributed by atoms with Crippen LogP contribution >= 0.6 is 11.8 Å². The summed E-state index contributed by atoms with van der Waals surface area (Å²) < 4.78 is 0. The van der Waals surface area contributed by atoms with Gasteiger partial charge >= 0.3 is 0 Å². The molecule has 17 heavy (non-hydrogen) atoms. The first-order valence-corrected chi connectivity index (χ1v) is 7.93. The van der Waals surface area contributed by atoms with Crippen LogP contribution in [0.15, 0.2) is 24.3 Å². The molecule has 2 heteroatoms. The molecule has 1 N–H and O–H groups in total. The van der Waals surface area contributed by atoms with Gasteiger partial charge in [-0.3, -0.25) is 0 Å². The van der Waals surface area contributed by atoms with E-state index >= 15 is 0 Å². The van der Waals surface area contributed by atoms with Crippen LogP contribution in [0.5, 0.6) is 0 Å². The molecule has 0 amide bonds. The Hall–Kier alpha value is -0.470. The summed E-state index contributed by atoms with van der Waals surface area (Å²) in [5, 5.41) is 3.61. The van der Waals surface area contributed by atoms with E-state index < -0.39 is 0 Å². The Bertz CT molecular complexity index is 312. The van der Waals surface area contributed by atoms with Crippen molar-refractivity contribution in [2.24, 2.45) is 0 Å². The number of unbranched alkanes of at least 4 members (excludes halogenated alkanes) is 2. The second-order valence-corrected chi connectivity index (χ2v) is 5.57. The number of nitrogens with one attached hydrogen (secondary N) is 1. The van der Waals surface area contributed by atoms with Gasteiger partial charge in [0.2, 0.25) is 0 Å². The molecule has 0 aliphatic heterocycles. The number of thioether (sulfide) groups is 1. The summed E-state index contributed by atoms with van der Waals surface area (Å²) >= 11 is 1.94. The Balaban J connectivity index is 2.21. The summed E-state index contributed by atoms with van der Waals surface area (Å²) in [6.07, 6.45) is 6.16. The molecule has 1 aromatic carbocycles. The standard InChI is InChI=1S/C15H25NS/c1-13-9-5-6-10-15(13)14(2)16-11-7-4-8-12-17-3/h5-6,9-10,14,16H,4,7-8,11-12H2,1-3H3. The minimum Gasteiger partial charge on any atom is -0.310 e. The van der Waals surface area contributed by atoms with E-state index in [9.17, 15) is 0 Å². The molecule has 0 radical (unpaired) electrons. The lowest BCUT2D eigenvalue weighted by atomic mass is 10.0. The molecule has 0 saturated heterocycles. The number of rotatable bonds is 8. The quantitative estimate of drug-likeness (QED) is 0.696. The van der Waals surface area contributed by atoms with Crippen molar-refractivity contribution in [3.8, 4) is 0 Å². The van der Waals surface area contributed by atoms with Crippen molar-refractivity contribution in [3.63, 3.8) is 0 Å². The molecule has 0 bridgehead atoms. The minimum absolute atomic E-state index is 0.469. The van der Waals surface area contributed by atoms with Crippen molar-refractivity contribution in [1.29, 1.82) is 0 Å². The van der Waals surface area contributed by atoms with Crippen molar-refractivity contribution in [3.05, 3.63) is 35.4 Å².